The van der Waals surface area contributed by atoms with Gasteiger partial charge in [-0.2, -0.15) is 13.9 Å². The van der Waals surface area contributed by atoms with Gasteiger partial charge in [0.15, 0.2) is 6.61 Å². The first-order valence-corrected chi connectivity index (χ1v) is 9.44. The zero-order valence-electron chi connectivity index (χ0n) is 17.1. The molecule has 1 amide bonds. The maximum Gasteiger partial charge on any atom is 0.340 e. The predicted molar refractivity (Wildman–Crippen MR) is 105 cm³/mol. The van der Waals surface area contributed by atoms with Gasteiger partial charge in [-0.05, 0) is 38.5 Å². The Hall–Kier alpha value is -3.24. The normalized spacial score (nSPS) is 12.0. The van der Waals surface area contributed by atoms with Crippen LogP contribution in [-0.4, -0.2) is 50.7 Å². The standard InChI is InChI=1S/C20H21F4N5O2/c1-11(2)27-18(30)17-14-9-29(28-15(14)4-5-25-17)8-13-6-12(3)16(7-26-13)31-10-20(23,24)19(21)22/h4-7,9,11,19H,8,10H2,1-3H3,(H,27,30). The zero-order valence-corrected chi connectivity index (χ0v) is 17.1. The largest absolute Gasteiger partial charge is 0.485 e. The van der Waals surface area contributed by atoms with Gasteiger partial charge in [-0.3, -0.25) is 19.4 Å². The van der Waals surface area contributed by atoms with E-state index in [1.54, 1.807) is 29.9 Å². The Balaban J connectivity index is 1.77. The summed E-state index contributed by atoms with van der Waals surface area (Å²) in [5.41, 5.74) is 1.84. The first-order valence-electron chi connectivity index (χ1n) is 9.44. The number of alkyl halides is 4. The molecule has 0 spiro atoms. The van der Waals surface area contributed by atoms with Crippen molar-refractivity contribution in [2.24, 2.45) is 0 Å². The highest BCUT2D eigenvalue weighted by Gasteiger charge is 2.41. The second kappa shape index (κ2) is 8.86. The molecule has 166 valence electrons. The fraction of sp³-hybridized carbons (Fsp3) is 0.400. The van der Waals surface area contributed by atoms with Gasteiger partial charge < -0.3 is 10.1 Å². The summed E-state index contributed by atoms with van der Waals surface area (Å²) in [5, 5.41) is 7.78. The minimum atomic E-state index is -4.24. The van der Waals surface area contributed by atoms with Gasteiger partial charge in [0.25, 0.3) is 5.91 Å². The van der Waals surface area contributed by atoms with E-state index in [0.29, 0.717) is 22.2 Å². The molecule has 11 heteroatoms. The highest BCUT2D eigenvalue weighted by Crippen LogP contribution is 2.26. The summed E-state index contributed by atoms with van der Waals surface area (Å²) < 4.78 is 57.0. The van der Waals surface area contributed by atoms with E-state index >= 15 is 0 Å². The Bertz CT molecular complexity index is 1080. The van der Waals surface area contributed by atoms with Crippen LogP contribution in [0.5, 0.6) is 5.75 Å². The molecule has 0 unspecified atom stereocenters. The van der Waals surface area contributed by atoms with Crippen LogP contribution in [0, 0.1) is 6.92 Å². The molecule has 0 saturated heterocycles. The van der Waals surface area contributed by atoms with Gasteiger partial charge in [0.1, 0.15) is 11.4 Å². The Morgan fingerprint density at radius 1 is 1.29 bits per heavy atom. The molecular weight excluding hydrogens is 418 g/mol. The molecule has 3 rings (SSSR count). The Kier molecular flexibility index (Phi) is 6.42. The number of aryl methyl sites for hydroxylation is 1. The van der Waals surface area contributed by atoms with Crippen LogP contribution >= 0.6 is 0 Å². The van der Waals surface area contributed by atoms with Gasteiger partial charge in [0.2, 0.25) is 0 Å². The van der Waals surface area contributed by atoms with Gasteiger partial charge in [-0.1, -0.05) is 0 Å². The number of amides is 1. The number of halogens is 4. The summed E-state index contributed by atoms with van der Waals surface area (Å²) in [5.74, 6) is -4.56. The third kappa shape index (κ3) is 5.28. The van der Waals surface area contributed by atoms with E-state index in [4.69, 9.17) is 4.74 Å². The molecule has 3 heterocycles. The van der Waals surface area contributed by atoms with Crippen LogP contribution in [0.15, 0.2) is 30.7 Å². The first-order chi connectivity index (χ1) is 14.6. The van der Waals surface area contributed by atoms with Crippen molar-refractivity contribution in [3.05, 3.63) is 47.7 Å². The average molecular weight is 439 g/mol. The van der Waals surface area contributed by atoms with Crippen molar-refractivity contribution < 1.29 is 27.1 Å². The van der Waals surface area contributed by atoms with Crippen molar-refractivity contribution in [3.8, 4) is 5.75 Å². The molecule has 7 nitrogen and oxygen atoms in total. The van der Waals surface area contributed by atoms with E-state index in [1.165, 1.54) is 12.4 Å². The molecule has 0 saturated carbocycles. The second-order valence-corrected chi connectivity index (χ2v) is 7.34. The van der Waals surface area contributed by atoms with Crippen molar-refractivity contribution in [2.45, 2.75) is 45.7 Å². The molecule has 0 aliphatic carbocycles. The van der Waals surface area contributed by atoms with E-state index in [1.807, 2.05) is 13.8 Å². The molecule has 0 aliphatic rings. The van der Waals surface area contributed by atoms with Crippen molar-refractivity contribution >= 4 is 16.8 Å². The predicted octanol–water partition coefficient (Wildman–Crippen LogP) is 3.60. The summed E-state index contributed by atoms with van der Waals surface area (Å²) in [6.07, 6.45) is 0.565. The van der Waals surface area contributed by atoms with Crippen LogP contribution in [-0.2, 0) is 6.54 Å². The number of hydrogen-bond acceptors (Lipinski definition) is 5. The number of aromatic nitrogens is 4. The maximum atomic E-state index is 13.1. The van der Waals surface area contributed by atoms with E-state index in [9.17, 15) is 22.4 Å². The van der Waals surface area contributed by atoms with Gasteiger partial charge in [0, 0.05) is 18.4 Å². The molecule has 3 aromatic rings. The van der Waals surface area contributed by atoms with E-state index in [0.717, 1.165) is 0 Å². The summed E-state index contributed by atoms with van der Waals surface area (Å²) in [6, 6.07) is 3.22. The molecule has 31 heavy (non-hydrogen) atoms. The summed E-state index contributed by atoms with van der Waals surface area (Å²) in [6.45, 7) is 4.08. The number of rotatable bonds is 8. The maximum absolute atomic E-state index is 13.1. The Morgan fingerprint density at radius 3 is 2.68 bits per heavy atom. The molecule has 3 aromatic heterocycles. The molecule has 0 aromatic carbocycles. The minimum absolute atomic E-state index is 0.00783. The molecular formula is C20H21F4N5O2. The first kappa shape index (κ1) is 22.4. The van der Waals surface area contributed by atoms with Crippen molar-refractivity contribution in [3.63, 3.8) is 0 Å². The second-order valence-electron chi connectivity index (χ2n) is 7.34. The van der Waals surface area contributed by atoms with Crippen molar-refractivity contribution in [2.75, 3.05) is 6.61 Å². The number of nitrogens with one attached hydrogen (secondary N) is 1. The van der Waals surface area contributed by atoms with Gasteiger partial charge in [-0.25, -0.2) is 8.78 Å². The third-order valence-corrected chi connectivity index (χ3v) is 4.30. The topological polar surface area (TPSA) is 81.9 Å². The van der Waals surface area contributed by atoms with Crippen molar-refractivity contribution in [1.29, 1.82) is 0 Å². The van der Waals surface area contributed by atoms with Crippen LogP contribution < -0.4 is 10.1 Å². The Labute approximate surface area is 175 Å². The monoisotopic (exact) mass is 439 g/mol. The number of ether oxygens (including phenoxy) is 1. The molecule has 0 radical (unpaired) electrons. The lowest BCUT2D eigenvalue weighted by molar-refractivity contribution is -0.148. The van der Waals surface area contributed by atoms with Gasteiger partial charge in [0.05, 0.1) is 29.3 Å². The number of carbonyl (C=O) groups is 1. The number of fused-ring (bicyclic) bond motifs is 1. The van der Waals surface area contributed by atoms with Gasteiger partial charge >= 0.3 is 12.3 Å². The lowest BCUT2D eigenvalue weighted by atomic mass is 10.2. The SMILES string of the molecule is Cc1cc(Cn2cc3c(C(=O)NC(C)C)nccc3n2)ncc1OCC(F)(F)C(F)F. The number of pyridine rings is 2. The molecule has 0 aliphatic heterocycles. The minimum Gasteiger partial charge on any atom is -0.485 e. The molecule has 0 fully saturated rings. The lowest BCUT2D eigenvalue weighted by Gasteiger charge is -2.17. The number of carbonyl (C=O) groups excluding carboxylic acids is 1. The lowest BCUT2D eigenvalue weighted by Crippen LogP contribution is -2.33. The van der Waals surface area contributed by atoms with Crippen LogP contribution in [0.1, 0.15) is 35.6 Å². The zero-order chi connectivity index (χ0) is 22.8. The van der Waals surface area contributed by atoms with Crippen LogP contribution in [0.4, 0.5) is 17.6 Å². The third-order valence-electron chi connectivity index (χ3n) is 4.30. The highest BCUT2D eigenvalue weighted by molar-refractivity contribution is 6.04. The fourth-order valence-corrected chi connectivity index (χ4v) is 2.83. The molecule has 0 atom stereocenters. The van der Waals surface area contributed by atoms with Crippen molar-refractivity contribution in [1.82, 2.24) is 25.1 Å². The van der Waals surface area contributed by atoms with E-state index in [2.05, 4.69) is 20.4 Å². The van der Waals surface area contributed by atoms with Crippen LogP contribution in [0.3, 0.4) is 0 Å². The quantitative estimate of drug-likeness (QED) is 0.543. The summed E-state index contributed by atoms with van der Waals surface area (Å²) in [4.78, 5) is 20.6. The van der Waals surface area contributed by atoms with Gasteiger partial charge in [-0.15, -0.1) is 0 Å². The summed E-state index contributed by atoms with van der Waals surface area (Å²) >= 11 is 0. The Morgan fingerprint density at radius 2 is 2.03 bits per heavy atom. The highest BCUT2D eigenvalue weighted by atomic mass is 19.3. The van der Waals surface area contributed by atoms with E-state index in [-0.39, 0.29) is 29.9 Å². The fourth-order valence-electron chi connectivity index (χ4n) is 2.83. The molecule has 0 bridgehead atoms. The molecule has 1 N–H and O–H groups in total. The number of nitrogens with zero attached hydrogens (tertiary/aromatic N) is 4. The van der Waals surface area contributed by atoms with Crippen LogP contribution in [0.2, 0.25) is 0 Å². The van der Waals surface area contributed by atoms with Crippen LogP contribution in [0.25, 0.3) is 10.9 Å². The number of hydrogen-bond donors (Lipinski definition) is 1. The van der Waals surface area contributed by atoms with E-state index < -0.39 is 19.0 Å². The average Bonchev–Trinajstić information content (AvgIpc) is 3.08. The summed E-state index contributed by atoms with van der Waals surface area (Å²) in [7, 11) is 0. The smallest absolute Gasteiger partial charge is 0.340 e.